The second kappa shape index (κ2) is 8.87. The number of fused-ring (bicyclic) bond motifs is 1. The highest BCUT2D eigenvalue weighted by Crippen LogP contribution is 2.34. The van der Waals surface area contributed by atoms with Crippen LogP contribution in [0, 0.1) is 0 Å². The number of hydrogen-bond acceptors (Lipinski definition) is 7. The third kappa shape index (κ3) is 5.39. The van der Waals surface area contributed by atoms with Gasteiger partial charge in [0.05, 0.1) is 9.58 Å². The van der Waals surface area contributed by atoms with Gasteiger partial charge >= 0.3 is 6.09 Å². The Balaban J connectivity index is 1.54. The van der Waals surface area contributed by atoms with E-state index in [1.807, 2.05) is 26.8 Å². The normalized spacial score (nSPS) is 15.6. The van der Waals surface area contributed by atoms with E-state index in [2.05, 4.69) is 29.0 Å². The van der Waals surface area contributed by atoms with Gasteiger partial charge in [0, 0.05) is 32.2 Å². The molecule has 9 heteroatoms. The van der Waals surface area contributed by atoms with Crippen LogP contribution in [0.25, 0.3) is 9.53 Å². The van der Waals surface area contributed by atoms with E-state index in [9.17, 15) is 9.59 Å². The lowest BCUT2D eigenvalue weighted by molar-refractivity contribution is 0.0200. The molecule has 1 aliphatic heterocycles. The third-order valence-corrected chi connectivity index (χ3v) is 7.04. The van der Waals surface area contributed by atoms with Gasteiger partial charge in [-0.15, -0.1) is 11.3 Å². The molecule has 2 amide bonds. The van der Waals surface area contributed by atoms with Gasteiger partial charge in [-0.25, -0.2) is 9.78 Å². The first-order chi connectivity index (χ1) is 13.7. The summed E-state index contributed by atoms with van der Waals surface area (Å²) in [5.74, 6) is -0.0553. The highest BCUT2D eigenvalue weighted by Gasteiger charge is 2.28. The average Bonchev–Trinajstić information content (AvgIpc) is 3.21. The number of likely N-dealkylation sites (tertiary alicyclic amines) is 1. The van der Waals surface area contributed by atoms with Crippen LogP contribution in [0.2, 0.25) is 0 Å². The summed E-state index contributed by atoms with van der Waals surface area (Å²) in [6.45, 7) is 12.9. The molecule has 1 saturated heterocycles. The third-order valence-electron chi connectivity index (χ3n) is 4.82. The van der Waals surface area contributed by atoms with Crippen molar-refractivity contribution >= 4 is 49.3 Å². The van der Waals surface area contributed by atoms with Crippen LogP contribution < -0.4 is 10.2 Å². The number of hydrogen-bond donors (Lipinski definition) is 1. The summed E-state index contributed by atoms with van der Waals surface area (Å²) in [6.07, 6.45) is 1.18. The number of carbonyl (C=O) groups is 2. The summed E-state index contributed by atoms with van der Waals surface area (Å²) >= 11 is 3.07. The lowest BCUT2D eigenvalue weighted by Gasteiger charge is -2.33. The van der Waals surface area contributed by atoms with E-state index in [0.29, 0.717) is 18.0 Å². The molecule has 0 spiro atoms. The molecular weight excluding hydrogens is 408 g/mol. The van der Waals surface area contributed by atoms with E-state index < -0.39 is 5.60 Å². The molecule has 0 atom stereocenters. The Kier molecular flexibility index (Phi) is 6.68. The molecule has 0 unspecified atom stereocenters. The van der Waals surface area contributed by atoms with E-state index in [0.717, 1.165) is 40.6 Å². The highest BCUT2D eigenvalue weighted by molar-refractivity contribution is 7.29. The van der Waals surface area contributed by atoms with Crippen molar-refractivity contribution in [1.29, 1.82) is 0 Å². The zero-order valence-electron chi connectivity index (χ0n) is 17.8. The minimum Gasteiger partial charge on any atom is -0.444 e. The first-order valence-corrected chi connectivity index (χ1v) is 11.8. The van der Waals surface area contributed by atoms with Gasteiger partial charge in [-0.1, -0.05) is 11.3 Å². The van der Waals surface area contributed by atoms with Crippen molar-refractivity contribution in [2.24, 2.45) is 0 Å². The molecule has 0 aliphatic carbocycles. The van der Waals surface area contributed by atoms with Crippen LogP contribution in [-0.4, -0.2) is 59.7 Å². The quantitative estimate of drug-likeness (QED) is 0.752. The number of rotatable bonds is 5. The standard InChI is InChI=1S/C20H30N4O3S2/c1-6-23(7-2)18-22-17-15(29-18)12-14(28-17)16(25)21-13-8-10-24(11-9-13)19(26)27-20(3,4)5/h12-13H,6-11H2,1-5H3,(H,21,25). The zero-order valence-corrected chi connectivity index (χ0v) is 19.4. The minimum atomic E-state index is -0.493. The van der Waals surface area contributed by atoms with E-state index in [1.165, 1.54) is 11.3 Å². The van der Waals surface area contributed by atoms with E-state index in [4.69, 9.17) is 4.74 Å². The van der Waals surface area contributed by atoms with Crippen LogP contribution in [0.15, 0.2) is 6.07 Å². The van der Waals surface area contributed by atoms with Crippen molar-refractivity contribution in [2.45, 2.75) is 59.1 Å². The Morgan fingerprint density at radius 3 is 2.45 bits per heavy atom. The number of nitrogens with zero attached hydrogens (tertiary/aromatic N) is 3. The average molecular weight is 439 g/mol. The maximum absolute atomic E-state index is 12.7. The molecule has 2 aromatic rings. The SMILES string of the molecule is CCN(CC)c1nc2sc(C(=O)NC3CCN(C(=O)OC(C)(C)C)CC3)cc2s1. The summed E-state index contributed by atoms with van der Waals surface area (Å²) in [5.41, 5.74) is -0.493. The number of ether oxygens (including phenoxy) is 1. The maximum atomic E-state index is 12.7. The molecular formula is C20H30N4O3S2. The molecule has 0 radical (unpaired) electrons. The summed E-state index contributed by atoms with van der Waals surface area (Å²) in [6, 6.07) is 2.01. The van der Waals surface area contributed by atoms with Gasteiger partial charge in [-0.3, -0.25) is 4.79 Å². The van der Waals surface area contributed by atoms with Crippen LogP contribution in [-0.2, 0) is 4.74 Å². The molecule has 7 nitrogen and oxygen atoms in total. The van der Waals surface area contributed by atoms with Crippen molar-refractivity contribution in [1.82, 2.24) is 15.2 Å². The fourth-order valence-electron chi connectivity index (χ4n) is 3.25. The topological polar surface area (TPSA) is 74.8 Å². The Labute approximate surface area is 180 Å². The fourth-order valence-corrected chi connectivity index (χ4v) is 5.50. The Morgan fingerprint density at radius 2 is 1.90 bits per heavy atom. The largest absolute Gasteiger partial charge is 0.444 e. The van der Waals surface area contributed by atoms with E-state index in [-0.39, 0.29) is 18.0 Å². The lowest BCUT2D eigenvalue weighted by atomic mass is 10.1. The molecule has 160 valence electrons. The van der Waals surface area contributed by atoms with E-state index >= 15 is 0 Å². The van der Waals surface area contributed by atoms with Crippen molar-refractivity contribution < 1.29 is 14.3 Å². The van der Waals surface area contributed by atoms with Crippen LogP contribution in [0.5, 0.6) is 0 Å². The number of amides is 2. The summed E-state index contributed by atoms with van der Waals surface area (Å²) in [7, 11) is 0. The van der Waals surface area contributed by atoms with Crippen molar-refractivity contribution in [3.8, 4) is 0 Å². The van der Waals surface area contributed by atoms with Gasteiger partial charge in [-0.2, -0.15) is 0 Å². The van der Waals surface area contributed by atoms with Gasteiger partial charge in [-0.05, 0) is 53.5 Å². The predicted octanol–water partition coefficient (Wildman–Crippen LogP) is 4.33. The molecule has 0 bridgehead atoms. The minimum absolute atomic E-state index is 0.0553. The second-order valence-electron chi connectivity index (χ2n) is 8.16. The molecule has 1 aliphatic rings. The van der Waals surface area contributed by atoms with Crippen LogP contribution in [0.4, 0.5) is 9.93 Å². The van der Waals surface area contributed by atoms with Gasteiger partial charge < -0.3 is 19.9 Å². The summed E-state index contributed by atoms with van der Waals surface area (Å²) in [5, 5.41) is 4.12. The number of nitrogens with one attached hydrogen (secondary N) is 1. The smallest absolute Gasteiger partial charge is 0.410 e. The van der Waals surface area contributed by atoms with Crippen molar-refractivity contribution in [2.75, 3.05) is 31.1 Å². The van der Waals surface area contributed by atoms with Crippen LogP contribution >= 0.6 is 22.7 Å². The molecule has 3 heterocycles. The van der Waals surface area contributed by atoms with Gasteiger partial charge in [0.15, 0.2) is 5.13 Å². The molecule has 3 rings (SSSR count). The number of thiazole rings is 1. The molecule has 0 aromatic carbocycles. The monoisotopic (exact) mass is 438 g/mol. The molecule has 29 heavy (non-hydrogen) atoms. The Morgan fingerprint density at radius 1 is 1.24 bits per heavy atom. The highest BCUT2D eigenvalue weighted by atomic mass is 32.1. The zero-order chi connectivity index (χ0) is 21.2. The number of carbonyl (C=O) groups excluding carboxylic acids is 2. The number of aromatic nitrogens is 1. The first kappa shape index (κ1) is 21.8. The molecule has 1 fully saturated rings. The molecule has 2 aromatic heterocycles. The Bertz CT molecular complexity index is 827. The van der Waals surface area contributed by atoms with Crippen molar-refractivity contribution in [3.05, 3.63) is 10.9 Å². The van der Waals surface area contributed by atoms with Crippen molar-refractivity contribution in [3.63, 3.8) is 0 Å². The van der Waals surface area contributed by atoms with Gasteiger partial charge in [0.2, 0.25) is 0 Å². The summed E-state index contributed by atoms with van der Waals surface area (Å²) in [4.78, 5) is 35.1. The van der Waals surface area contributed by atoms with Crippen LogP contribution in [0.3, 0.4) is 0 Å². The summed E-state index contributed by atoms with van der Waals surface area (Å²) < 4.78 is 6.48. The number of anilines is 1. The van der Waals surface area contributed by atoms with Crippen LogP contribution in [0.1, 0.15) is 57.1 Å². The maximum Gasteiger partial charge on any atom is 0.410 e. The van der Waals surface area contributed by atoms with Gasteiger partial charge in [0.1, 0.15) is 10.4 Å². The van der Waals surface area contributed by atoms with E-state index in [1.54, 1.807) is 16.2 Å². The second-order valence-corrected chi connectivity index (χ2v) is 10.2. The first-order valence-electron chi connectivity index (χ1n) is 10.1. The Hall–Kier alpha value is -1.87. The number of thiophene rings is 1. The molecule has 0 saturated carbocycles. The molecule has 1 N–H and O–H groups in total. The lowest BCUT2D eigenvalue weighted by Crippen LogP contribution is -2.47. The predicted molar refractivity (Wildman–Crippen MR) is 119 cm³/mol. The fraction of sp³-hybridized carbons (Fsp3) is 0.650. The number of piperidine rings is 1. The van der Waals surface area contributed by atoms with Gasteiger partial charge in [0.25, 0.3) is 5.91 Å².